The molecule has 0 unspecified atom stereocenters. The molecule has 1 amide bonds. The first kappa shape index (κ1) is 12.8. The molecule has 2 heterocycles. The van der Waals surface area contributed by atoms with Crippen molar-refractivity contribution in [1.29, 1.82) is 0 Å². The number of hydrogen-bond acceptors (Lipinski definition) is 5. The van der Waals surface area contributed by atoms with Crippen molar-refractivity contribution in [3.05, 3.63) is 17.8 Å². The summed E-state index contributed by atoms with van der Waals surface area (Å²) >= 11 is 0. The van der Waals surface area contributed by atoms with E-state index in [0.717, 1.165) is 25.3 Å². The SMILES string of the molecule is NCCCNC(=O)c1ccc(N2CCCC2)nn1. The molecule has 1 saturated heterocycles. The number of carbonyl (C=O) groups is 1. The van der Waals surface area contributed by atoms with Crippen LogP contribution in [0, 0.1) is 0 Å². The van der Waals surface area contributed by atoms with E-state index in [4.69, 9.17) is 5.73 Å². The van der Waals surface area contributed by atoms with Gasteiger partial charge in [0.15, 0.2) is 11.5 Å². The van der Waals surface area contributed by atoms with E-state index in [9.17, 15) is 4.79 Å². The van der Waals surface area contributed by atoms with Crippen molar-refractivity contribution in [2.45, 2.75) is 19.3 Å². The molecule has 0 aromatic carbocycles. The van der Waals surface area contributed by atoms with Crippen molar-refractivity contribution in [3.63, 3.8) is 0 Å². The van der Waals surface area contributed by atoms with Crippen molar-refractivity contribution in [1.82, 2.24) is 15.5 Å². The summed E-state index contributed by atoms with van der Waals surface area (Å²) < 4.78 is 0. The van der Waals surface area contributed by atoms with Gasteiger partial charge in [-0.05, 0) is 37.9 Å². The van der Waals surface area contributed by atoms with Gasteiger partial charge in [-0.3, -0.25) is 4.79 Å². The lowest BCUT2D eigenvalue weighted by atomic mass is 10.3. The van der Waals surface area contributed by atoms with Crippen LogP contribution < -0.4 is 16.0 Å². The van der Waals surface area contributed by atoms with Gasteiger partial charge in [0.2, 0.25) is 0 Å². The second kappa shape index (κ2) is 6.30. The van der Waals surface area contributed by atoms with E-state index in [0.29, 0.717) is 18.8 Å². The summed E-state index contributed by atoms with van der Waals surface area (Å²) in [4.78, 5) is 13.9. The minimum absolute atomic E-state index is 0.191. The van der Waals surface area contributed by atoms with Crippen LogP contribution in [0.15, 0.2) is 12.1 Å². The topological polar surface area (TPSA) is 84.1 Å². The third kappa shape index (κ3) is 3.16. The lowest BCUT2D eigenvalue weighted by Crippen LogP contribution is -2.27. The molecule has 0 radical (unpaired) electrons. The summed E-state index contributed by atoms with van der Waals surface area (Å²) in [5, 5.41) is 10.8. The molecule has 1 aliphatic rings. The van der Waals surface area contributed by atoms with Gasteiger partial charge in [-0.2, -0.15) is 0 Å². The van der Waals surface area contributed by atoms with Crippen molar-refractivity contribution < 1.29 is 4.79 Å². The first-order chi connectivity index (χ1) is 8.81. The molecule has 0 aliphatic carbocycles. The Morgan fingerprint density at radius 3 is 2.72 bits per heavy atom. The molecule has 6 heteroatoms. The van der Waals surface area contributed by atoms with Crippen LogP contribution in [0.3, 0.4) is 0 Å². The molecule has 0 saturated carbocycles. The standard InChI is InChI=1S/C12H19N5O/c13-6-3-7-14-12(18)10-4-5-11(16-15-10)17-8-1-2-9-17/h4-5H,1-3,6-9,13H2,(H,14,18). The Kier molecular flexibility index (Phi) is 4.46. The number of nitrogens with one attached hydrogen (secondary N) is 1. The van der Waals surface area contributed by atoms with Gasteiger partial charge in [0.1, 0.15) is 0 Å². The first-order valence-electron chi connectivity index (χ1n) is 6.38. The van der Waals surface area contributed by atoms with Crippen LogP contribution in [0.2, 0.25) is 0 Å². The minimum Gasteiger partial charge on any atom is -0.355 e. The average Bonchev–Trinajstić information content (AvgIpc) is 2.93. The van der Waals surface area contributed by atoms with Crippen LogP contribution >= 0.6 is 0 Å². The van der Waals surface area contributed by atoms with Crippen LogP contribution in [0.25, 0.3) is 0 Å². The van der Waals surface area contributed by atoms with E-state index in [1.165, 1.54) is 12.8 Å². The van der Waals surface area contributed by atoms with Gasteiger partial charge in [0, 0.05) is 19.6 Å². The number of anilines is 1. The van der Waals surface area contributed by atoms with Crippen LogP contribution in [0.1, 0.15) is 29.8 Å². The van der Waals surface area contributed by atoms with Gasteiger partial charge in [-0.25, -0.2) is 0 Å². The normalized spacial score (nSPS) is 14.8. The fraction of sp³-hybridized carbons (Fsp3) is 0.583. The highest BCUT2D eigenvalue weighted by atomic mass is 16.1. The van der Waals surface area contributed by atoms with Crippen molar-refractivity contribution >= 4 is 11.7 Å². The molecule has 1 aromatic heterocycles. The maximum Gasteiger partial charge on any atom is 0.271 e. The van der Waals surface area contributed by atoms with E-state index in [1.54, 1.807) is 6.07 Å². The Hall–Kier alpha value is -1.69. The number of hydrogen-bond donors (Lipinski definition) is 2. The smallest absolute Gasteiger partial charge is 0.271 e. The number of carbonyl (C=O) groups excluding carboxylic acids is 1. The second-order valence-corrected chi connectivity index (χ2v) is 4.37. The predicted molar refractivity (Wildman–Crippen MR) is 69.5 cm³/mol. The Morgan fingerprint density at radius 1 is 1.33 bits per heavy atom. The first-order valence-corrected chi connectivity index (χ1v) is 6.38. The van der Waals surface area contributed by atoms with Crippen LogP contribution in [-0.2, 0) is 0 Å². The molecule has 2 rings (SSSR count). The van der Waals surface area contributed by atoms with Gasteiger partial charge in [0.25, 0.3) is 5.91 Å². The van der Waals surface area contributed by atoms with Crippen molar-refractivity contribution in [2.75, 3.05) is 31.1 Å². The highest BCUT2D eigenvalue weighted by Crippen LogP contribution is 2.16. The number of nitrogens with zero attached hydrogens (tertiary/aromatic N) is 3. The van der Waals surface area contributed by atoms with E-state index in [2.05, 4.69) is 20.4 Å². The van der Waals surface area contributed by atoms with Gasteiger partial charge < -0.3 is 16.0 Å². The zero-order chi connectivity index (χ0) is 12.8. The quantitative estimate of drug-likeness (QED) is 0.726. The molecule has 0 atom stereocenters. The van der Waals surface area contributed by atoms with Crippen molar-refractivity contribution in [2.24, 2.45) is 5.73 Å². The third-order valence-corrected chi connectivity index (χ3v) is 2.98. The fourth-order valence-corrected chi connectivity index (χ4v) is 1.96. The molecule has 18 heavy (non-hydrogen) atoms. The van der Waals surface area contributed by atoms with E-state index < -0.39 is 0 Å². The third-order valence-electron chi connectivity index (χ3n) is 2.98. The summed E-state index contributed by atoms with van der Waals surface area (Å²) in [6.45, 7) is 3.19. The number of rotatable bonds is 5. The molecule has 98 valence electrons. The zero-order valence-electron chi connectivity index (χ0n) is 10.4. The Balaban J connectivity index is 1.92. The van der Waals surface area contributed by atoms with E-state index in [1.807, 2.05) is 6.07 Å². The molecule has 6 nitrogen and oxygen atoms in total. The minimum atomic E-state index is -0.191. The monoisotopic (exact) mass is 249 g/mol. The van der Waals surface area contributed by atoms with E-state index >= 15 is 0 Å². The molecule has 3 N–H and O–H groups in total. The maximum atomic E-state index is 11.7. The number of nitrogens with two attached hydrogens (primary N) is 1. The summed E-state index contributed by atoms with van der Waals surface area (Å²) in [6, 6.07) is 3.58. The van der Waals surface area contributed by atoms with Crippen molar-refractivity contribution in [3.8, 4) is 0 Å². The summed E-state index contributed by atoms with van der Waals surface area (Å²) in [6.07, 6.45) is 3.16. The van der Waals surface area contributed by atoms with Crippen LogP contribution in [0.5, 0.6) is 0 Å². The van der Waals surface area contributed by atoms with Crippen LogP contribution in [-0.4, -0.2) is 42.3 Å². The summed E-state index contributed by atoms with van der Waals surface area (Å²) in [7, 11) is 0. The molecule has 1 aromatic rings. The second-order valence-electron chi connectivity index (χ2n) is 4.37. The Labute approximate surface area is 107 Å². The van der Waals surface area contributed by atoms with Crippen LogP contribution in [0.4, 0.5) is 5.82 Å². The lowest BCUT2D eigenvalue weighted by Gasteiger charge is -2.15. The molecule has 1 fully saturated rings. The largest absolute Gasteiger partial charge is 0.355 e. The summed E-state index contributed by atoms with van der Waals surface area (Å²) in [5.74, 6) is 0.662. The number of aromatic nitrogens is 2. The predicted octanol–water partition coefficient (Wildman–Crippen LogP) is 0.155. The number of amides is 1. The van der Waals surface area contributed by atoms with Gasteiger partial charge in [-0.1, -0.05) is 0 Å². The molecular weight excluding hydrogens is 230 g/mol. The Morgan fingerprint density at radius 2 is 2.11 bits per heavy atom. The zero-order valence-corrected chi connectivity index (χ0v) is 10.4. The van der Waals surface area contributed by atoms with Gasteiger partial charge in [0.05, 0.1) is 0 Å². The fourth-order valence-electron chi connectivity index (χ4n) is 1.96. The van der Waals surface area contributed by atoms with Gasteiger partial charge in [-0.15, -0.1) is 10.2 Å². The maximum absolute atomic E-state index is 11.7. The molecular formula is C12H19N5O. The van der Waals surface area contributed by atoms with Gasteiger partial charge >= 0.3 is 0 Å². The summed E-state index contributed by atoms with van der Waals surface area (Å²) in [5.41, 5.74) is 5.71. The average molecular weight is 249 g/mol. The Bertz CT molecular complexity index is 386. The lowest BCUT2D eigenvalue weighted by molar-refractivity contribution is 0.0947. The highest BCUT2D eigenvalue weighted by molar-refractivity contribution is 5.92. The molecule has 0 bridgehead atoms. The molecule has 1 aliphatic heterocycles. The van der Waals surface area contributed by atoms with E-state index in [-0.39, 0.29) is 5.91 Å². The molecule has 0 spiro atoms. The highest BCUT2D eigenvalue weighted by Gasteiger charge is 2.14.